The number of ether oxygens (including phenoxy) is 1. The Morgan fingerprint density at radius 2 is 2.00 bits per heavy atom. The molecule has 0 aromatic heterocycles. The third-order valence-electron chi connectivity index (χ3n) is 4.75. The summed E-state index contributed by atoms with van der Waals surface area (Å²) >= 11 is 0. The number of hydrogen-bond acceptors (Lipinski definition) is 4. The van der Waals surface area contributed by atoms with Gasteiger partial charge in [0.2, 0.25) is 5.91 Å². The molecule has 1 fully saturated rings. The van der Waals surface area contributed by atoms with E-state index in [0.29, 0.717) is 5.56 Å². The minimum Gasteiger partial charge on any atom is -0.455 e. The van der Waals surface area contributed by atoms with Crippen molar-refractivity contribution in [2.75, 3.05) is 26.2 Å². The minimum atomic E-state index is -0.297. The van der Waals surface area contributed by atoms with Crippen LogP contribution in [0.3, 0.4) is 0 Å². The molecule has 0 spiro atoms. The Bertz CT molecular complexity index is 621. The van der Waals surface area contributed by atoms with Crippen LogP contribution >= 0.6 is 0 Å². The second kappa shape index (κ2) is 10.1. The zero-order valence-corrected chi connectivity index (χ0v) is 15.9. The Morgan fingerprint density at radius 3 is 2.62 bits per heavy atom. The van der Waals surface area contributed by atoms with Crippen molar-refractivity contribution in [2.24, 2.45) is 0 Å². The van der Waals surface area contributed by atoms with Gasteiger partial charge in [0, 0.05) is 39.6 Å². The predicted molar refractivity (Wildman–Crippen MR) is 103 cm³/mol. The van der Waals surface area contributed by atoms with Crippen molar-refractivity contribution in [1.29, 1.82) is 0 Å². The Kier molecular flexibility index (Phi) is 7.85. The SMILES string of the molecule is C=CC(CCCC)OC(=O)c1cccc(CN2CCN(C(C)=O)CC2)c1. The number of unbranched alkanes of at least 4 members (excludes halogenated alkanes) is 1. The number of hydrogen-bond donors (Lipinski definition) is 0. The molecule has 1 saturated heterocycles. The van der Waals surface area contributed by atoms with Crippen LogP contribution in [0, 0.1) is 0 Å². The molecule has 1 aliphatic heterocycles. The monoisotopic (exact) mass is 358 g/mol. The average Bonchev–Trinajstić information content (AvgIpc) is 2.65. The molecule has 0 aliphatic carbocycles. The summed E-state index contributed by atoms with van der Waals surface area (Å²) in [5, 5.41) is 0. The number of carbonyl (C=O) groups excluding carboxylic acids is 2. The van der Waals surface area contributed by atoms with Gasteiger partial charge in [-0.05, 0) is 30.5 Å². The zero-order chi connectivity index (χ0) is 18.9. The lowest BCUT2D eigenvalue weighted by atomic mass is 10.1. The summed E-state index contributed by atoms with van der Waals surface area (Å²) in [6.07, 6.45) is 4.35. The summed E-state index contributed by atoms with van der Waals surface area (Å²) in [6, 6.07) is 7.61. The van der Waals surface area contributed by atoms with E-state index in [4.69, 9.17) is 4.74 Å². The van der Waals surface area contributed by atoms with E-state index in [1.54, 1.807) is 19.1 Å². The molecule has 1 aromatic carbocycles. The number of carbonyl (C=O) groups is 2. The van der Waals surface area contributed by atoms with Gasteiger partial charge in [-0.1, -0.05) is 38.1 Å². The molecule has 1 aromatic rings. The number of esters is 1. The lowest BCUT2D eigenvalue weighted by Gasteiger charge is -2.34. The lowest BCUT2D eigenvalue weighted by Crippen LogP contribution is -2.47. The molecule has 2 rings (SSSR count). The highest BCUT2D eigenvalue weighted by atomic mass is 16.5. The van der Waals surface area contributed by atoms with Crippen molar-refractivity contribution in [3.8, 4) is 0 Å². The second-order valence-electron chi connectivity index (χ2n) is 6.80. The van der Waals surface area contributed by atoms with Gasteiger partial charge in [-0.3, -0.25) is 9.69 Å². The summed E-state index contributed by atoms with van der Waals surface area (Å²) in [5.74, 6) is -0.163. The number of amides is 1. The number of rotatable bonds is 8. The van der Waals surface area contributed by atoms with Crippen LogP contribution < -0.4 is 0 Å². The van der Waals surface area contributed by atoms with Crippen molar-refractivity contribution in [1.82, 2.24) is 9.80 Å². The molecule has 0 N–H and O–H groups in total. The highest BCUT2D eigenvalue weighted by Crippen LogP contribution is 2.14. The van der Waals surface area contributed by atoms with Crippen LogP contribution in [0.15, 0.2) is 36.9 Å². The largest absolute Gasteiger partial charge is 0.455 e. The highest BCUT2D eigenvalue weighted by Gasteiger charge is 2.19. The van der Waals surface area contributed by atoms with Crippen LogP contribution in [0.2, 0.25) is 0 Å². The maximum atomic E-state index is 12.4. The maximum absolute atomic E-state index is 12.4. The van der Waals surface area contributed by atoms with Gasteiger partial charge in [-0.2, -0.15) is 0 Å². The molecule has 1 amide bonds. The van der Waals surface area contributed by atoms with Gasteiger partial charge in [0.05, 0.1) is 5.56 Å². The summed E-state index contributed by atoms with van der Waals surface area (Å²) < 4.78 is 5.56. The summed E-state index contributed by atoms with van der Waals surface area (Å²) in [6.45, 7) is 11.5. The van der Waals surface area contributed by atoms with Crippen molar-refractivity contribution >= 4 is 11.9 Å². The van der Waals surface area contributed by atoms with Gasteiger partial charge in [-0.25, -0.2) is 4.79 Å². The summed E-state index contributed by atoms with van der Waals surface area (Å²) in [5.41, 5.74) is 1.66. The predicted octanol–water partition coefficient (Wildman–Crippen LogP) is 3.25. The molecule has 1 heterocycles. The molecule has 26 heavy (non-hydrogen) atoms. The van der Waals surface area contributed by atoms with Gasteiger partial charge in [-0.15, -0.1) is 0 Å². The van der Waals surface area contributed by atoms with Crippen molar-refractivity contribution in [2.45, 2.75) is 45.8 Å². The molecule has 5 nitrogen and oxygen atoms in total. The van der Waals surface area contributed by atoms with Crippen LogP contribution in [-0.4, -0.2) is 54.0 Å². The molecule has 142 valence electrons. The molecular weight excluding hydrogens is 328 g/mol. The number of benzene rings is 1. The first-order valence-electron chi connectivity index (χ1n) is 9.43. The van der Waals surface area contributed by atoms with Gasteiger partial charge in [0.1, 0.15) is 6.10 Å². The van der Waals surface area contributed by atoms with Crippen molar-refractivity contribution < 1.29 is 14.3 Å². The molecule has 5 heteroatoms. The molecule has 0 radical (unpaired) electrons. The van der Waals surface area contributed by atoms with E-state index in [9.17, 15) is 9.59 Å². The van der Waals surface area contributed by atoms with Crippen LogP contribution in [0.1, 0.15) is 49.0 Å². The van der Waals surface area contributed by atoms with Crippen LogP contribution in [0.5, 0.6) is 0 Å². The first-order valence-corrected chi connectivity index (χ1v) is 9.43. The Morgan fingerprint density at radius 1 is 1.27 bits per heavy atom. The van der Waals surface area contributed by atoms with E-state index in [2.05, 4.69) is 18.4 Å². The maximum Gasteiger partial charge on any atom is 0.338 e. The fourth-order valence-corrected chi connectivity index (χ4v) is 3.11. The fraction of sp³-hybridized carbons (Fsp3) is 0.524. The third kappa shape index (κ3) is 5.99. The van der Waals surface area contributed by atoms with Gasteiger partial charge >= 0.3 is 5.97 Å². The summed E-state index contributed by atoms with van der Waals surface area (Å²) in [4.78, 5) is 28.0. The molecule has 1 aliphatic rings. The van der Waals surface area contributed by atoms with Gasteiger partial charge < -0.3 is 9.64 Å². The van der Waals surface area contributed by atoms with Crippen LogP contribution in [0.4, 0.5) is 0 Å². The average molecular weight is 358 g/mol. The zero-order valence-electron chi connectivity index (χ0n) is 15.9. The van der Waals surface area contributed by atoms with E-state index in [-0.39, 0.29) is 18.0 Å². The van der Waals surface area contributed by atoms with Crippen molar-refractivity contribution in [3.63, 3.8) is 0 Å². The first-order chi connectivity index (χ1) is 12.5. The van der Waals surface area contributed by atoms with E-state index in [1.807, 2.05) is 23.1 Å². The standard InChI is InChI=1S/C21H30N2O3/c1-4-6-10-20(5-2)26-21(25)19-9-7-8-18(15-19)16-22-11-13-23(14-12-22)17(3)24/h5,7-9,15,20H,2,4,6,10-14,16H2,1,3H3. The molecule has 0 saturated carbocycles. The van der Waals surface area contributed by atoms with E-state index in [1.165, 1.54) is 0 Å². The second-order valence-corrected chi connectivity index (χ2v) is 6.80. The topological polar surface area (TPSA) is 49.9 Å². The Hall–Kier alpha value is -2.14. The van der Waals surface area contributed by atoms with Gasteiger partial charge in [0.25, 0.3) is 0 Å². The smallest absolute Gasteiger partial charge is 0.338 e. The number of nitrogens with zero attached hydrogens (tertiary/aromatic N) is 2. The van der Waals surface area contributed by atoms with Crippen LogP contribution in [-0.2, 0) is 16.1 Å². The fourth-order valence-electron chi connectivity index (χ4n) is 3.11. The lowest BCUT2D eigenvalue weighted by molar-refractivity contribution is -0.130. The van der Waals surface area contributed by atoms with Gasteiger partial charge in [0.15, 0.2) is 0 Å². The van der Waals surface area contributed by atoms with Crippen molar-refractivity contribution in [3.05, 3.63) is 48.0 Å². The Balaban J connectivity index is 1.92. The Labute approximate surface area is 156 Å². The van der Waals surface area contributed by atoms with E-state index >= 15 is 0 Å². The molecule has 1 atom stereocenters. The number of piperazine rings is 1. The molecular formula is C21H30N2O3. The van der Waals surface area contributed by atoms with E-state index < -0.39 is 0 Å². The highest BCUT2D eigenvalue weighted by molar-refractivity contribution is 5.89. The van der Waals surface area contributed by atoms with Crippen LogP contribution in [0.25, 0.3) is 0 Å². The normalized spacial score (nSPS) is 16.2. The quantitative estimate of drug-likeness (QED) is 0.529. The minimum absolute atomic E-state index is 0.134. The molecule has 1 unspecified atom stereocenters. The first kappa shape index (κ1) is 20.2. The third-order valence-corrected chi connectivity index (χ3v) is 4.75. The van der Waals surface area contributed by atoms with E-state index in [0.717, 1.165) is 57.5 Å². The molecule has 0 bridgehead atoms. The summed E-state index contributed by atoms with van der Waals surface area (Å²) in [7, 11) is 0.